The molecule has 0 atom stereocenters. The topological polar surface area (TPSA) is 133 Å². The number of benzene rings is 6. The van der Waals surface area contributed by atoms with Crippen LogP contribution in [-0.4, -0.2) is 21.8 Å². The van der Waals surface area contributed by atoms with Crippen molar-refractivity contribution < 1.29 is 13.0 Å². The van der Waals surface area contributed by atoms with E-state index in [4.69, 9.17) is 0 Å². The first-order valence-electron chi connectivity index (χ1n) is 18.8. The first-order chi connectivity index (χ1) is 29.3. The maximum Gasteiger partial charge on any atom is 0.295 e. The number of para-hydroxylation sites is 4. The highest BCUT2D eigenvalue weighted by Crippen LogP contribution is 2.34. The van der Waals surface area contributed by atoms with E-state index in [-0.39, 0.29) is 4.90 Å². The van der Waals surface area contributed by atoms with Crippen molar-refractivity contribution in [3.8, 4) is 0 Å². The van der Waals surface area contributed by atoms with Crippen LogP contribution in [0.25, 0.3) is 12.2 Å². The molecule has 7 N–H and O–H groups in total. The van der Waals surface area contributed by atoms with Crippen molar-refractivity contribution in [3.05, 3.63) is 221 Å². The van der Waals surface area contributed by atoms with Gasteiger partial charge in [-0.05, 0) is 96.1 Å². The molecule has 0 unspecified atom stereocenters. The molecule has 6 aromatic rings. The zero-order valence-corrected chi connectivity index (χ0v) is 34.4. The van der Waals surface area contributed by atoms with E-state index in [1.807, 2.05) is 185 Å². The van der Waals surface area contributed by atoms with E-state index in [9.17, 15) is 13.0 Å². The normalized spacial score (nSPS) is 14.0. The molecule has 11 nitrogen and oxygen atoms in total. The molecule has 0 fully saturated rings. The zero-order valence-electron chi connectivity index (χ0n) is 31.9. The number of nitrogens with zero attached hydrogens (tertiary/aromatic N) is 2. The van der Waals surface area contributed by atoms with E-state index in [1.165, 1.54) is 30.0 Å². The molecule has 2 aliphatic rings. The summed E-state index contributed by atoms with van der Waals surface area (Å²) in [5, 5.41) is 15.3. The molecule has 0 amide bonds. The van der Waals surface area contributed by atoms with Gasteiger partial charge in [0.1, 0.15) is 4.90 Å². The van der Waals surface area contributed by atoms with Gasteiger partial charge >= 0.3 is 0 Å². The highest BCUT2D eigenvalue weighted by atomic mass is 32.2. The molecule has 300 valence electrons. The molecule has 0 radical (unpaired) electrons. The number of rotatable bonds is 15. The van der Waals surface area contributed by atoms with Crippen molar-refractivity contribution in [2.75, 3.05) is 32.1 Å². The molecule has 0 aromatic heterocycles. The molecule has 0 aliphatic carbocycles. The van der Waals surface area contributed by atoms with Crippen molar-refractivity contribution in [3.63, 3.8) is 0 Å². The molecule has 6 aromatic carbocycles. The zero-order chi connectivity index (χ0) is 41.2. The minimum absolute atomic E-state index is 0.219. The first kappa shape index (κ1) is 39.8. The summed E-state index contributed by atoms with van der Waals surface area (Å²) in [4.78, 5) is -0.219. The van der Waals surface area contributed by atoms with Crippen LogP contribution in [0.1, 0.15) is 11.1 Å². The molecule has 0 bridgehead atoms. The molecule has 2 aliphatic heterocycles. The van der Waals surface area contributed by atoms with Gasteiger partial charge in [0.2, 0.25) is 0 Å². The second kappa shape index (κ2) is 18.7. The number of nitrogens with one attached hydrogen (secondary N) is 6. The Hall–Kier alpha value is -6.97. The lowest BCUT2D eigenvalue weighted by Gasteiger charge is -2.27. The maximum absolute atomic E-state index is 12.7. The molecular weight excluding hydrogens is 809 g/mol. The first-order valence-corrected chi connectivity index (χ1v) is 21.8. The van der Waals surface area contributed by atoms with Crippen LogP contribution in [-0.2, 0) is 10.1 Å². The lowest BCUT2D eigenvalue weighted by atomic mass is 10.1. The third-order valence-corrected chi connectivity index (χ3v) is 11.4. The number of hydrogen-bond acceptors (Lipinski definition) is 12. The Kier molecular flexibility index (Phi) is 12.4. The Balaban J connectivity index is 0.961. The van der Waals surface area contributed by atoms with E-state index in [0.29, 0.717) is 16.3 Å². The molecular formula is C46H40N8O3S3. The number of hydrazine groups is 2. The van der Waals surface area contributed by atoms with Gasteiger partial charge in [-0.15, -0.1) is 0 Å². The van der Waals surface area contributed by atoms with Gasteiger partial charge in [0.15, 0.2) is 0 Å². The predicted octanol–water partition coefficient (Wildman–Crippen LogP) is 11.5. The summed E-state index contributed by atoms with van der Waals surface area (Å²) in [6.07, 6.45) is 11.4. The fourth-order valence-corrected chi connectivity index (χ4v) is 8.52. The van der Waals surface area contributed by atoms with Gasteiger partial charge in [-0.3, -0.25) is 15.4 Å². The van der Waals surface area contributed by atoms with Crippen LogP contribution < -0.4 is 32.1 Å². The number of allylic oxidation sites excluding steroid dienone is 2. The maximum atomic E-state index is 12.7. The summed E-state index contributed by atoms with van der Waals surface area (Å²) < 4.78 is 39.5. The van der Waals surface area contributed by atoms with Crippen LogP contribution in [0.4, 0.5) is 34.1 Å². The third kappa shape index (κ3) is 11.2. The van der Waals surface area contributed by atoms with E-state index in [2.05, 4.69) is 32.1 Å². The van der Waals surface area contributed by atoms with E-state index in [1.54, 1.807) is 18.2 Å². The lowest BCUT2D eigenvalue weighted by Crippen LogP contribution is -2.22. The molecule has 2 heterocycles. The minimum atomic E-state index is -4.58. The average molecular weight is 849 g/mol. The fourth-order valence-electron chi connectivity index (χ4n) is 6.07. The Morgan fingerprint density at radius 3 is 1.35 bits per heavy atom. The van der Waals surface area contributed by atoms with Crippen molar-refractivity contribution in [1.29, 1.82) is 0 Å². The number of anilines is 6. The van der Waals surface area contributed by atoms with Gasteiger partial charge in [0.05, 0.1) is 45.2 Å². The van der Waals surface area contributed by atoms with Crippen molar-refractivity contribution >= 4 is 80.3 Å². The van der Waals surface area contributed by atoms with E-state index < -0.39 is 10.1 Å². The van der Waals surface area contributed by atoms with Gasteiger partial charge < -0.3 is 21.3 Å². The van der Waals surface area contributed by atoms with Crippen LogP contribution in [0, 0.1) is 0 Å². The molecule has 60 heavy (non-hydrogen) atoms. The summed E-state index contributed by atoms with van der Waals surface area (Å²) in [7, 11) is -4.58. The third-order valence-electron chi connectivity index (χ3n) is 8.82. The van der Waals surface area contributed by atoms with Crippen LogP contribution in [0.5, 0.6) is 0 Å². The summed E-state index contributed by atoms with van der Waals surface area (Å²) in [5.41, 5.74) is 14.7. The second-order valence-electron chi connectivity index (χ2n) is 13.4. The van der Waals surface area contributed by atoms with Gasteiger partial charge in [-0.2, -0.15) is 8.42 Å². The summed E-state index contributed by atoms with van der Waals surface area (Å²) in [5.74, 6) is 0. The summed E-state index contributed by atoms with van der Waals surface area (Å²) in [6, 6.07) is 52.2. The number of hydrogen-bond donors (Lipinski definition) is 7. The molecule has 0 saturated carbocycles. The van der Waals surface area contributed by atoms with E-state index >= 15 is 0 Å². The largest absolute Gasteiger partial charge is 0.354 e. The highest BCUT2D eigenvalue weighted by molar-refractivity contribution is 8.01. The van der Waals surface area contributed by atoms with Gasteiger partial charge in [0.25, 0.3) is 10.1 Å². The smallest absolute Gasteiger partial charge is 0.295 e. The Morgan fingerprint density at radius 1 is 0.467 bits per heavy atom. The molecule has 8 rings (SSSR count). The molecule has 0 saturated heterocycles. The fraction of sp³-hybridized carbons (Fsp3) is 0. The van der Waals surface area contributed by atoms with E-state index in [0.717, 1.165) is 50.4 Å². The minimum Gasteiger partial charge on any atom is -0.354 e. The quantitative estimate of drug-likeness (QED) is 0.0301. The lowest BCUT2D eigenvalue weighted by molar-refractivity contribution is 0.483. The monoisotopic (exact) mass is 848 g/mol. The van der Waals surface area contributed by atoms with Crippen LogP contribution >= 0.6 is 23.9 Å². The Morgan fingerprint density at radius 2 is 0.883 bits per heavy atom. The van der Waals surface area contributed by atoms with Crippen molar-refractivity contribution in [1.82, 2.24) is 8.83 Å². The van der Waals surface area contributed by atoms with Gasteiger partial charge in [-0.1, -0.05) is 103 Å². The summed E-state index contributed by atoms with van der Waals surface area (Å²) >= 11 is 2.89. The van der Waals surface area contributed by atoms with Gasteiger partial charge in [0, 0.05) is 46.6 Å². The predicted molar refractivity (Wildman–Crippen MR) is 250 cm³/mol. The average Bonchev–Trinajstić information content (AvgIpc) is 3.25. The SMILES string of the molecule is O=S(=O)(O)c1cc(NC2=CC(Nc3ccccc3)=CN(Nc3ccccc3)S2)ccc1C=Cc1ccc(NC2=CC(Nc3ccccc3)=CN(Nc3ccccc3)S2)cc1. The summed E-state index contributed by atoms with van der Waals surface area (Å²) in [6.45, 7) is 0. The Bertz CT molecular complexity index is 2680. The highest BCUT2D eigenvalue weighted by Gasteiger charge is 2.19. The van der Waals surface area contributed by atoms with Crippen LogP contribution in [0.2, 0.25) is 0 Å². The Labute approximate surface area is 358 Å². The standard InChI is InChI=1S/C46H40N8O3S3/c55-60(56,57)44-29-41(50-46-31-43(48-37-15-7-2-8-16-37)33-54(59-46)52-40-19-11-4-12-20-40)28-25-35(44)24-21-34-22-26-38(27-23-34)49-45-30-42(47-36-13-5-1-6-14-36)32-53(58-45)51-39-17-9-3-10-18-39/h1-33,47-52H,(H,55,56,57). The van der Waals surface area contributed by atoms with Crippen LogP contribution in [0.3, 0.4) is 0 Å². The second-order valence-corrected chi connectivity index (χ2v) is 16.8. The van der Waals surface area contributed by atoms with Crippen LogP contribution in [0.15, 0.2) is 215 Å². The van der Waals surface area contributed by atoms with Crippen molar-refractivity contribution in [2.24, 2.45) is 0 Å². The van der Waals surface area contributed by atoms with Crippen molar-refractivity contribution in [2.45, 2.75) is 4.90 Å². The van der Waals surface area contributed by atoms with Gasteiger partial charge in [-0.25, -0.2) is 8.83 Å². The molecule has 0 spiro atoms. The molecule has 14 heteroatoms.